The largest absolute Gasteiger partial charge is 0.378 e. The predicted octanol–water partition coefficient (Wildman–Crippen LogP) is 4.16. The molecule has 0 saturated heterocycles. The highest BCUT2D eigenvalue weighted by atomic mass is 16.5. The Morgan fingerprint density at radius 3 is 2.35 bits per heavy atom. The van der Waals surface area contributed by atoms with Crippen molar-refractivity contribution in [3.05, 3.63) is 34.9 Å². The molecule has 0 heterocycles. The Kier molecular flexibility index (Phi) is 4.55. The van der Waals surface area contributed by atoms with Gasteiger partial charge in [-0.25, -0.2) is 0 Å². The van der Waals surface area contributed by atoms with Gasteiger partial charge in [-0.15, -0.1) is 0 Å². The van der Waals surface area contributed by atoms with E-state index in [2.05, 4.69) is 65.1 Å². The van der Waals surface area contributed by atoms with Gasteiger partial charge in [-0.3, -0.25) is 0 Å². The molecule has 1 aromatic rings. The van der Waals surface area contributed by atoms with E-state index in [1.165, 1.54) is 16.7 Å². The van der Waals surface area contributed by atoms with Crippen LogP contribution in [0.15, 0.2) is 18.2 Å². The van der Waals surface area contributed by atoms with Crippen molar-refractivity contribution in [1.82, 2.24) is 5.32 Å². The topological polar surface area (TPSA) is 21.3 Å². The lowest BCUT2D eigenvalue weighted by molar-refractivity contribution is -0.116. The maximum atomic E-state index is 5.81. The SMILES string of the molecule is CCOC1CC(NC(C)c2cc(C)cc(C)c2)C1(C)C. The van der Waals surface area contributed by atoms with E-state index in [4.69, 9.17) is 4.74 Å². The Labute approximate surface area is 123 Å². The molecule has 3 atom stereocenters. The maximum Gasteiger partial charge on any atom is 0.0655 e. The lowest BCUT2D eigenvalue weighted by Gasteiger charge is -2.52. The summed E-state index contributed by atoms with van der Waals surface area (Å²) in [5.74, 6) is 0. The molecule has 20 heavy (non-hydrogen) atoms. The van der Waals surface area contributed by atoms with E-state index in [-0.39, 0.29) is 5.41 Å². The first-order chi connectivity index (χ1) is 9.34. The third-order valence-corrected chi connectivity index (χ3v) is 4.74. The van der Waals surface area contributed by atoms with Gasteiger partial charge in [-0.1, -0.05) is 43.2 Å². The van der Waals surface area contributed by atoms with E-state index < -0.39 is 0 Å². The molecule has 0 radical (unpaired) electrons. The van der Waals surface area contributed by atoms with Crippen molar-refractivity contribution in [3.8, 4) is 0 Å². The van der Waals surface area contributed by atoms with Gasteiger partial charge in [0.15, 0.2) is 0 Å². The highest BCUT2D eigenvalue weighted by Gasteiger charge is 2.49. The summed E-state index contributed by atoms with van der Waals surface area (Å²) in [6.07, 6.45) is 1.52. The molecule has 0 bridgehead atoms. The van der Waals surface area contributed by atoms with E-state index in [9.17, 15) is 0 Å². The molecule has 1 aliphatic carbocycles. The second-order valence-corrected chi connectivity index (χ2v) is 6.86. The van der Waals surface area contributed by atoms with Gasteiger partial charge in [0.05, 0.1) is 6.10 Å². The summed E-state index contributed by atoms with van der Waals surface area (Å²) in [6, 6.07) is 7.73. The fourth-order valence-electron chi connectivity index (χ4n) is 3.31. The molecule has 0 aromatic heterocycles. The monoisotopic (exact) mass is 275 g/mol. The zero-order valence-corrected chi connectivity index (χ0v) is 13.8. The van der Waals surface area contributed by atoms with Gasteiger partial charge < -0.3 is 10.1 Å². The Hall–Kier alpha value is -0.860. The van der Waals surface area contributed by atoms with Crippen LogP contribution in [-0.2, 0) is 4.74 Å². The zero-order valence-electron chi connectivity index (χ0n) is 13.8. The standard InChI is InChI=1S/C18H29NO/c1-7-20-17-11-16(18(17,5)6)19-14(4)15-9-12(2)8-13(3)10-15/h8-10,14,16-17,19H,7,11H2,1-6H3. The molecule has 1 N–H and O–H groups in total. The molecule has 0 aliphatic heterocycles. The van der Waals surface area contributed by atoms with Crippen molar-refractivity contribution in [3.63, 3.8) is 0 Å². The first-order valence-electron chi connectivity index (χ1n) is 7.80. The highest BCUT2D eigenvalue weighted by Crippen LogP contribution is 2.43. The predicted molar refractivity (Wildman–Crippen MR) is 85.1 cm³/mol. The third-order valence-electron chi connectivity index (χ3n) is 4.74. The van der Waals surface area contributed by atoms with Crippen LogP contribution in [0.2, 0.25) is 0 Å². The number of hydrogen-bond acceptors (Lipinski definition) is 2. The van der Waals surface area contributed by atoms with E-state index >= 15 is 0 Å². The minimum Gasteiger partial charge on any atom is -0.378 e. The summed E-state index contributed by atoms with van der Waals surface area (Å²) in [5.41, 5.74) is 4.30. The van der Waals surface area contributed by atoms with Crippen molar-refractivity contribution in [2.75, 3.05) is 6.61 Å². The minimum atomic E-state index is 0.225. The van der Waals surface area contributed by atoms with Gasteiger partial charge in [-0.2, -0.15) is 0 Å². The Bertz CT molecular complexity index is 446. The number of aryl methyl sites for hydroxylation is 2. The number of ether oxygens (including phenoxy) is 1. The number of benzene rings is 1. The maximum absolute atomic E-state index is 5.81. The fraction of sp³-hybridized carbons (Fsp3) is 0.667. The fourth-order valence-corrected chi connectivity index (χ4v) is 3.31. The van der Waals surface area contributed by atoms with Crippen LogP contribution in [0.4, 0.5) is 0 Å². The van der Waals surface area contributed by atoms with Crippen molar-refractivity contribution >= 4 is 0 Å². The van der Waals surface area contributed by atoms with Crippen LogP contribution >= 0.6 is 0 Å². The van der Waals surface area contributed by atoms with Gasteiger partial charge >= 0.3 is 0 Å². The van der Waals surface area contributed by atoms with Crippen LogP contribution < -0.4 is 5.32 Å². The molecule has 2 nitrogen and oxygen atoms in total. The summed E-state index contributed by atoms with van der Waals surface area (Å²) in [7, 11) is 0. The van der Waals surface area contributed by atoms with Crippen LogP contribution in [0.1, 0.15) is 56.8 Å². The van der Waals surface area contributed by atoms with Crippen molar-refractivity contribution in [2.24, 2.45) is 5.41 Å². The third kappa shape index (κ3) is 3.07. The first-order valence-corrected chi connectivity index (χ1v) is 7.80. The smallest absolute Gasteiger partial charge is 0.0655 e. The van der Waals surface area contributed by atoms with Gasteiger partial charge in [0, 0.05) is 24.1 Å². The Morgan fingerprint density at radius 2 is 1.85 bits per heavy atom. The van der Waals surface area contributed by atoms with Crippen molar-refractivity contribution in [1.29, 1.82) is 0 Å². The Morgan fingerprint density at radius 1 is 1.25 bits per heavy atom. The van der Waals surface area contributed by atoms with E-state index in [1.807, 2.05) is 0 Å². The molecule has 112 valence electrons. The normalized spacial score (nSPS) is 26.1. The average molecular weight is 275 g/mol. The highest BCUT2D eigenvalue weighted by molar-refractivity contribution is 5.30. The van der Waals surface area contributed by atoms with Crippen molar-refractivity contribution < 1.29 is 4.74 Å². The molecule has 0 spiro atoms. The minimum absolute atomic E-state index is 0.225. The van der Waals surface area contributed by atoms with Crippen LogP contribution in [-0.4, -0.2) is 18.8 Å². The van der Waals surface area contributed by atoms with Crippen LogP contribution in [0.3, 0.4) is 0 Å². The summed E-state index contributed by atoms with van der Waals surface area (Å²) in [5, 5.41) is 3.79. The molecule has 1 aromatic carbocycles. The zero-order chi connectivity index (χ0) is 14.9. The lowest BCUT2D eigenvalue weighted by atomic mass is 9.64. The van der Waals surface area contributed by atoms with E-state index in [0.717, 1.165) is 13.0 Å². The summed E-state index contributed by atoms with van der Waals surface area (Å²) < 4.78 is 5.81. The molecule has 1 aliphatic rings. The number of rotatable bonds is 5. The van der Waals surface area contributed by atoms with Gasteiger partial charge in [-0.05, 0) is 39.7 Å². The van der Waals surface area contributed by atoms with Crippen molar-refractivity contribution in [2.45, 2.75) is 66.2 Å². The van der Waals surface area contributed by atoms with Gasteiger partial charge in [0.1, 0.15) is 0 Å². The molecule has 3 unspecified atom stereocenters. The molecule has 0 amide bonds. The van der Waals surface area contributed by atoms with Crippen LogP contribution in [0.5, 0.6) is 0 Å². The van der Waals surface area contributed by atoms with E-state index in [0.29, 0.717) is 18.2 Å². The van der Waals surface area contributed by atoms with Gasteiger partial charge in [0.25, 0.3) is 0 Å². The second-order valence-electron chi connectivity index (χ2n) is 6.86. The molecule has 2 rings (SSSR count). The van der Waals surface area contributed by atoms with Gasteiger partial charge in [0.2, 0.25) is 0 Å². The quantitative estimate of drug-likeness (QED) is 0.871. The average Bonchev–Trinajstić information content (AvgIpc) is 2.36. The number of hydrogen-bond donors (Lipinski definition) is 1. The number of nitrogens with one attached hydrogen (secondary N) is 1. The summed E-state index contributed by atoms with van der Waals surface area (Å²) in [4.78, 5) is 0. The molecular formula is C18H29NO. The Balaban J connectivity index is 2.00. The molecule has 1 fully saturated rings. The molecular weight excluding hydrogens is 246 g/mol. The molecule has 2 heteroatoms. The van der Waals surface area contributed by atoms with Crippen LogP contribution in [0, 0.1) is 19.3 Å². The summed E-state index contributed by atoms with van der Waals surface area (Å²) in [6.45, 7) is 14.1. The van der Waals surface area contributed by atoms with Crippen LogP contribution in [0.25, 0.3) is 0 Å². The second kappa shape index (κ2) is 5.87. The lowest BCUT2D eigenvalue weighted by Crippen LogP contribution is -2.61. The molecule has 1 saturated carbocycles. The van der Waals surface area contributed by atoms with E-state index in [1.54, 1.807) is 0 Å². The summed E-state index contributed by atoms with van der Waals surface area (Å²) >= 11 is 0. The first kappa shape index (κ1) is 15.5.